The molecule has 0 spiro atoms. The highest BCUT2D eigenvalue weighted by atomic mass is 16.2. The van der Waals surface area contributed by atoms with E-state index < -0.39 is 0 Å². The number of nitrogens with zero attached hydrogens (tertiary/aromatic N) is 2. The number of nitrogens with one attached hydrogen (secondary N) is 1. The van der Waals surface area contributed by atoms with Crippen LogP contribution >= 0.6 is 0 Å². The number of nitrogens with two attached hydrogens (primary N) is 1. The highest BCUT2D eigenvalue weighted by molar-refractivity contribution is 5.97. The topological polar surface area (TPSA) is 94.0 Å². The van der Waals surface area contributed by atoms with Gasteiger partial charge in [-0.15, -0.1) is 0 Å². The van der Waals surface area contributed by atoms with Gasteiger partial charge in [-0.1, -0.05) is 18.2 Å². The Balaban J connectivity index is 1.78. The SMILES string of the molecule is C/C(C=N)=C(/N)c1cc(C(=O)N2CCC(c3ccc(C#N)cc3)CC2)c(C)cc1C. The second-order valence-corrected chi connectivity index (χ2v) is 8.02. The number of carbonyl (C=O) groups excluding carboxylic acids is 1. The largest absolute Gasteiger partial charge is 0.398 e. The molecule has 3 N–H and O–H groups in total. The van der Waals surface area contributed by atoms with E-state index in [0.717, 1.165) is 29.5 Å². The molecule has 1 aliphatic heterocycles. The van der Waals surface area contributed by atoms with Gasteiger partial charge in [0.2, 0.25) is 0 Å². The molecule has 0 atom stereocenters. The zero-order chi connectivity index (χ0) is 21.8. The van der Waals surface area contributed by atoms with Crippen molar-refractivity contribution in [2.75, 3.05) is 13.1 Å². The Bertz CT molecular complexity index is 1040. The fourth-order valence-electron chi connectivity index (χ4n) is 4.08. The summed E-state index contributed by atoms with van der Waals surface area (Å²) >= 11 is 0. The molecule has 1 amide bonds. The van der Waals surface area contributed by atoms with Crippen molar-refractivity contribution in [2.45, 2.75) is 39.5 Å². The highest BCUT2D eigenvalue weighted by Crippen LogP contribution is 2.30. The van der Waals surface area contributed by atoms with Gasteiger partial charge >= 0.3 is 0 Å². The summed E-state index contributed by atoms with van der Waals surface area (Å²) in [5.74, 6) is 0.442. The van der Waals surface area contributed by atoms with E-state index in [1.165, 1.54) is 11.8 Å². The predicted octanol–water partition coefficient (Wildman–Crippen LogP) is 4.53. The van der Waals surface area contributed by atoms with Gasteiger partial charge in [-0.3, -0.25) is 4.79 Å². The fourth-order valence-corrected chi connectivity index (χ4v) is 4.08. The molecule has 3 rings (SSSR count). The van der Waals surface area contributed by atoms with E-state index in [0.29, 0.717) is 41.4 Å². The number of likely N-dealkylation sites (tertiary alicyclic amines) is 1. The monoisotopic (exact) mass is 400 g/mol. The molecule has 5 heteroatoms. The van der Waals surface area contributed by atoms with E-state index in [2.05, 4.69) is 6.07 Å². The van der Waals surface area contributed by atoms with Crippen molar-refractivity contribution < 1.29 is 4.79 Å². The molecule has 1 heterocycles. The molecule has 5 nitrogen and oxygen atoms in total. The van der Waals surface area contributed by atoms with Crippen LogP contribution < -0.4 is 5.73 Å². The van der Waals surface area contributed by atoms with Crippen molar-refractivity contribution in [2.24, 2.45) is 5.73 Å². The molecule has 30 heavy (non-hydrogen) atoms. The number of amides is 1. The minimum absolute atomic E-state index is 0.0346. The quantitative estimate of drug-likeness (QED) is 0.738. The first kappa shape index (κ1) is 21.3. The Morgan fingerprint density at radius 3 is 2.30 bits per heavy atom. The van der Waals surface area contributed by atoms with Crippen molar-refractivity contribution in [3.8, 4) is 6.07 Å². The van der Waals surface area contributed by atoms with Crippen LogP contribution in [0, 0.1) is 30.6 Å². The second-order valence-electron chi connectivity index (χ2n) is 8.02. The first-order chi connectivity index (χ1) is 14.3. The van der Waals surface area contributed by atoms with Crippen LogP contribution in [0.25, 0.3) is 5.70 Å². The number of hydrogen-bond acceptors (Lipinski definition) is 4. The van der Waals surface area contributed by atoms with Gasteiger partial charge in [0.05, 0.1) is 11.6 Å². The average Bonchev–Trinajstić information content (AvgIpc) is 2.78. The molecular formula is C25H28N4O. The average molecular weight is 401 g/mol. The van der Waals surface area contributed by atoms with E-state index in [1.54, 1.807) is 6.92 Å². The third-order valence-electron chi connectivity index (χ3n) is 6.03. The number of allylic oxidation sites excluding steroid dienone is 1. The highest BCUT2D eigenvalue weighted by Gasteiger charge is 2.26. The van der Waals surface area contributed by atoms with E-state index in [9.17, 15) is 4.79 Å². The van der Waals surface area contributed by atoms with Crippen molar-refractivity contribution in [1.29, 1.82) is 10.7 Å². The van der Waals surface area contributed by atoms with Gasteiger partial charge in [0.1, 0.15) is 0 Å². The minimum Gasteiger partial charge on any atom is -0.398 e. The van der Waals surface area contributed by atoms with Gasteiger partial charge in [-0.2, -0.15) is 5.26 Å². The number of piperidine rings is 1. The Kier molecular flexibility index (Phi) is 6.37. The summed E-state index contributed by atoms with van der Waals surface area (Å²) in [5.41, 5.74) is 12.8. The zero-order valence-electron chi connectivity index (χ0n) is 17.8. The van der Waals surface area contributed by atoms with E-state index in [-0.39, 0.29) is 5.91 Å². The molecule has 0 radical (unpaired) electrons. The number of nitriles is 1. The summed E-state index contributed by atoms with van der Waals surface area (Å²) in [6.07, 6.45) is 3.05. The molecule has 1 fully saturated rings. The van der Waals surface area contributed by atoms with Crippen molar-refractivity contribution in [3.05, 3.63) is 75.4 Å². The minimum atomic E-state index is 0.0346. The summed E-state index contributed by atoms with van der Waals surface area (Å²) < 4.78 is 0. The number of rotatable bonds is 4. The molecule has 0 aliphatic carbocycles. The maximum Gasteiger partial charge on any atom is 0.254 e. The third kappa shape index (κ3) is 4.28. The fraction of sp³-hybridized carbons (Fsp3) is 0.320. The summed E-state index contributed by atoms with van der Waals surface area (Å²) in [5, 5.41) is 16.4. The molecule has 0 aromatic heterocycles. The lowest BCUT2D eigenvalue weighted by molar-refractivity contribution is 0.0712. The zero-order valence-corrected chi connectivity index (χ0v) is 17.8. The van der Waals surface area contributed by atoms with Crippen molar-refractivity contribution in [3.63, 3.8) is 0 Å². The van der Waals surface area contributed by atoms with Crippen LogP contribution in [0.2, 0.25) is 0 Å². The Morgan fingerprint density at radius 2 is 1.73 bits per heavy atom. The van der Waals surface area contributed by atoms with Crippen LogP contribution in [0.4, 0.5) is 0 Å². The van der Waals surface area contributed by atoms with Crippen molar-refractivity contribution in [1.82, 2.24) is 4.90 Å². The predicted molar refractivity (Wildman–Crippen MR) is 121 cm³/mol. The van der Waals surface area contributed by atoms with Crippen LogP contribution in [0.5, 0.6) is 0 Å². The first-order valence-corrected chi connectivity index (χ1v) is 10.2. The van der Waals surface area contributed by atoms with Gasteiger partial charge in [-0.05, 0) is 80.0 Å². The van der Waals surface area contributed by atoms with E-state index in [4.69, 9.17) is 16.4 Å². The molecule has 2 aromatic rings. The summed E-state index contributed by atoms with van der Waals surface area (Å²) in [6, 6.07) is 13.8. The van der Waals surface area contributed by atoms with Gasteiger partial charge in [0, 0.05) is 36.1 Å². The van der Waals surface area contributed by atoms with Gasteiger partial charge in [0.15, 0.2) is 0 Å². The van der Waals surface area contributed by atoms with E-state index >= 15 is 0 Å². The molecule has 0 unspecified atom stereocenters. The lowest BCUT2D eigenvalue weighted by Crippen LogP contribution is -2.38. The summed E-state index contributed by atoms with van der Waals surface area (Å²) in [6.45, 7) is 7.14. The van der Waals surface area contributed by atoms with Crippen LogP contribution in [0.3, 0.4) is 0 Å². The van der Waals surface area contributed by atoms with Gasteiger partial charge in [0.25, 0.3) is 5.91 Å². The lowest BCUT2D eigenvalue weighted by atomic mass is 9.88. The Morgan fingerprint density at radius 1 is 1.13 bits per heavy atom. The van der Waals surface area contributed by atoms with Crippen LogP contribution in [0.15, 0.2) is 42.0 Å². The summed E-state index contributed by atoms with van der Waals surface area (Å²) in [4.78, 5) is 15.2. The standard InChI is InChI=1S/C25H28N4O/c1-16-12-17(2)23(13-22(16)24(28)18(3)14-26)25(30)29-10-8-21(9-11-29)20-6-4-19(15-27)5-7-20/h4-7,12-14,21,26H,8-11,28H2,1-3H3/b24-18-,26-14?. The maximum absolute atomic E-state index is 13.3. The molecule has 1 saturated heterocycles. The van der Waals surface area contributed by atoms with Gasteiger partial charge < -0.3 is 16.0 Å². The Hall–Kier alpha value is -3.39. The van der Waals surface area contributed by atoms with E-state index in [1.807, 2.05) is 55.1 Å². The number of benzene rings is 2. The second kappa shape index (κ2) is 8.96. The van der Waals surface area contributed by atoms with Crippen LogP contribution in [-0.2, 0) is 0 Å². The molecule has 1 aliphatic rings. The maximum atomic E-state index is 13.3. The van der Waals surface area contributed by atoms with Crippen molar-refractivity contribution >= 4 is 17.8 Å². The van der Waals surface area contributed by atoms with Crippen LogP contribution in [-0.4, -0.2) is 30.1 Å². The molecule has 2 aromatic carbocycles. The molecule has 154 valence electrons. The lowest BCUT2D eigenvalue weighted by Gasteiger charge is -2.33. The smallest absolute Gasteiger partial charge is 0.254 e. The first-order valence-electron chi connectivity index (χ1n) is 10.2. The van der Waals surface area contributed by atoms with Gasteiger partial charge in [-0.25, -0.2) is 0 Å². The Labute approximate surface area is 178 Å². The summed E-state index contributed by atoms with van der Waals surface area (Å²) in [7, 11) is 0. The molecule has 0 saturated carbocycles. The normalized spacial score (nSPS) is 15.3. The number of hydrogen-bond donors (Lipinski definition) is 2. The van der Waals surface area contributed by atoms with Crippen LogP contribution in [0.1, 0.15) is 63.9 Å². The number of aryl methyl sites for hydroxylation is 2. The molecular weight excluding hydrogens is 372 g/mol. The molecule has 0 bridgehead atoms. The number of carbonyl (C=O) groups is 1. The third-order valence-corrected chi connectivity index (χ3v) is 6.03.